The number of carboxylic acid groups (broad SMARTS) is 1. The largest absolute Gasteiger partial charge is 0.550 e. The molecule has 4 nitrogen and oxygen atoms in total. The van der Waals surface area contributed by atoms with Crippen molar-refractivity contribution in [2.24, 2.45) is 0 Å². The zero-order valence-corrected chi connectivity index (χ0v) is 20.2. The van der Waals surface area contributed by atoms with Crippen LogP contribution in [0.5, 0.6) is 0 Å². The Labute approximate surface area is 191 Å². The molecule has 0 bridgehead atoms. The van der Waals surface area contributed by atoms with E-state index in [2.05, 4.69) is 88.8 Å². The van der Waals surface area contributed by atoms with Gasteiger partial charge in [-0.2, -0.15) is 0 Å². The Morgan fingerprint density at radius 1 is 0.710 bits per heavy atom. The molecule has 0 aromatic rings. The quantitative estimate of drug-likeness (QED) is 0.279. The summed E-state index contributed by atoms with van der Waals surface area (Å²) in [6.07, 6.45) is 32.1. The Hall–Kier alpha value is -2.17. The normalized spacial score (nSPS) is 12.8. The molecule has 0 rings (SSSR count). The first-order chi connectivity index (χ1) is 14.8. The number of allylic oxidation sites excluding steroid dienone is 12. The molecule has 176 valence electrons. The van der Waals surface area contributed by atoms with Crippen molar-refractivity contribution in [3.8, 4) is 0 Å². The van der Waals surface area contributed by atoms with Crippen LogP contribution in [-0.4, -0.2) is 49.9 Å². The highest BCUT2D eigenvalue weighted by molar-refractivity contribution is 5.64. The lowest BCUT2D eigenvalue weighted by Crippen LogP contribution is -2.36. The molecule has 0 heterocycles. The average molecular weight is 432 g/mol. The van der Waals surface area contributed by atoms with Crippen molar-refractivity contribution in [3.05, 3.63) is 72.9 Å². The number of hydrogen-bond donors (Lipinski definition) is 1. The van der Waals surface area contributed by atoms with Crippen molar-refractivity contribution in [3.63, 3.8) is 0 Å². The highest BCUT2D eigenvalue weighted by Gasteiger charge is 2.02. The van der Waals surface area contributed by atoms with Crippen LogP contribution in [0, 0.1) is 0 Å². The maximum Gasteiger partial charge on any atom is 0.101 e. The van der Waals surface area contributed by atoms with Gasteiger partial charge in [0.05, 0.1) is 27.7 Å². The van der Waals surface area contributed by atoms with Gasteiger partial charge in [-0.3, -0.25) is 0 Å². The third-order valence-corrected chi connectivity index (χ3v) is 3.88. The number of aliphatic carboxylic acids is 1. The first-order valence-corrected chi connectivity index (χ1v) is 11.3. The summed E-state index contributed by atoms with van der Waals surface area (Å²) in [5.74, 6) is -0.991. The molecule has 0 saturated carbocycles. The molecule has 0 radical (unpaired) electrons. The van der Waals surface area contributed by atoms with Crippen molar-refractivity contribution in [1.82, 2.24) is 0 Å². The summed E-state index contributed by atoms with van der Waals surface area (Å²) in [6.45, 7) is 3.26. The molecule has 4 heteroatoms. The van der Waals surface area contributed by atoms with Crippen LogP contribution in [0.4, 0.5) is 0 Å². The lowest BCUT2D eigenvalue weighted by molar-refractivity contribution is -0.870. The minimum Gasteiger partial charge on any atom is -0.550 e. The van der Waals surface area contributed by atoms with Gasteiger partial charge in [0.15, 0.2) is 0 Å². The summed E-state index contributed by atoms with van der Waals surface area (Å²) in [7, 11) is 6.16. The van der Waals surface area contributed by atoms with Crippen molar-refractivity contribution < 1.29 is 19.5 Å². The number of nitrogens with zero attached hydrogens (tertiary/aromatic N) is 1. The molecule has 0 aliphatic carbocycles. The van der Waals surface area contributed by atoms with E-state index in [0.29, 0.717) is 6.42 Å². The van der Waals surface area contributed by atoms with E-state index in [1.54, 1.807) is 0 Å². The van der Waals surface area contributed by atoms with E-state index in [-0.39, 0.29) is 13.0 Å². The van der Waals surface area contributed by atoms with Gasteiger partial charge in [0.1, 0.15) is 6.54 Å². The van der Waals surface area contributed by atoms with Gasteiger partial charge in [-0.05, 0) is 51.4 Å². The highest BCUT2D eigenvalue weighted by atomic mass is 16.4. The Morgan fingerprint density at radius 3 is 1.32 bits per heavy atom. The number of aliphatic hydroxyl groups excluding tert-OH is 1. The van der Waals surface area contributed by atoms with E-state index in [1.807, 2.05) is 12.2 Å². The van der Waals surface area contributed by atoms with Crippen LogP contribution in [0.25, 0.3) is 0 Å². The summed E-state index contributed by atoms with van der Waals surface area (Å²) < 4.78 is 0.844. The van der Waals surface area contributed by atoms with Crippen molar-refractivity contribution >= 4 is 5.97 Å². The molecule has 0 aromatic heterocycles. The van der Waals surface area contributed by atoms with Gasteiger partial charge in [-0.15, -0.1) is 0 Å². The SMILES string of the molecule is CC/C=C\C/C=C\C/C=C\C/C=C\C/C=C\C/C=C\CCC(=O)[O-].C[N+](C)(C)CCO. The van der Waals surface area contributed by atoms with E-state index in [9.17, 15) is 9.90 Å². The monoisotopic (exact) mass is 431 g/mol. The molecule has 1 N–H and O–H groups in total. The molecule has 0 aromatic carbocycles. The summed E-state index contributed by atoms with van der Waals surface area (Å²) in [5, 5.41) is 18.6. The molecule has 0 saturated heterocycles. The summed E-state index contributed by atoms with van der Waals surface area (Å²) in [4.78, 5) is 10.2. The fourth-order valence-corrected chi connectivity index (χ4v) is 2.14. The number of carbonyl (C=O) groups excluding carboxylic acids is 1. The van der Waals surface area contributed by atoms with Gasteiger partial charge in [-0.1, -0.05) is 79.8 Å². The predicted molar refractivity (Wildman–Crippen MR) is 132 cm³/mol. The standard InChI is InChI=1S/C22H32O2.C5H14NO/c1-2-3-4-5-6-7-8-9-10-11-12-13-14-15-16-17-18-19-20-21-22(23)24;1-6(2,3)4-5-7/h3-4,6-7,9-10,12-13,15-16,18-19H,2,5,8,11,14,17,20-21H2,1H3,(H,23,24);7H,4-5H2,1-3H3/q;+1/p-1/b4-3-,7-6-,10-9-,13-12-,16-15-,19-18-;. The number of hydrogen-bond acceptors (Lipinski definition) is 3. The Morgan fingerprint density at radius 2 is 1.06 bits per heavy atom. The van der Waals surface area contributed by atoms with Gasteiger partial charge in [-0.25, -0.2) is 0 Å². The second-order valence-corrected chi connectivity index (χ2v) is 8.06. The number of quaternary nitrogens is 1. The van der Waals surface area contributed by atoms with Gasteiger partial charge in [0, 0.05) is 5.97 Å². The third-order valence-electron chi connectivity index (χ3n) is 3.88. The maximum absolute atomic E-state index is 10.2. The number of carbonyl (C=O) groups is 1. The molecular weight excluding hydrogens is 386 g/mol. The second kappa shape index (κ2) is 24.1. The van der Waals surface area contributed by atoms with E-state index in [4.69, 9.17) is 5.11 Å². The Balaban J connectivity index is 0. The van der Waals surface area contributed by atoms with Crippen LogP contribution in [0.15, 0.2) is 72.9 Å². The molecule has 0 aliphatic rings. The summed E-state index contributed by atoms with van der Waals surface area (Å²) >= 11 is 0. The van der Waals surface area contributed by atoms with Crippen LogP contribution < -0.4 is 5.11 Å². The first kappa shape index (κ1) is 31.0. The molecule has 31 heavy (non-hydrogen) atoms. The van der Waals surface area contributed by atoms with E-state index < -0.39 is 5.97 Å². The van der Waals surface area contributed by atoms with E-state index in [1.165, 1.54) is 0 Å². The zero-order valence-electron chi connectivity index (χ0n) is 20.2. The average Bonchev–Trinajstić information content (AvgIpc) is 2.69. The zero-order chi connectivity index (χ0) is 23.6. The Bertz CT molecular complexity index is 576. The highest BCUT2D eigenvalue weighted by Crippen LogP contribution is 1.97. The van der Waals surface area contributed by atoms with Gasteiger partial charge < -0.3 is 19.5 Å². The molecule has 0 amide bonds. The first-order valence-electron chi connectivity index (χ1n) is 11.3. The van der Waals surface area contributed by atoms with Crippen LogP contribution >= 0.6 is 0 Å². The lowest BCUT2D eigenvalue weighted by Gasteiger charge is -2.21. The molecular formula is C27H45NO3. The van der Waals surface area contributed by atoms with Gasteiger partial charge >= 0.3 is 0 Å². The van der Waals surface area contributed by atoms with Crippen LogP contribution in [0.1, 0.15) is 58.3 Å². The topological polar surface area (TPSA) is 60.4 Å². The van der Waals surface area contributed by atoms with E-state index >= 15 is 0 Å². The number of rotatable bonds is 16. The van der Waals surface area contributed by atoms with Crippen LogP contribution in [-0.2, 0) is 4.79 Å². The smallest absolute Gasteiger partial charge is 0.101 e. The lowest BCUT2D eigenvalue weighted by atomic mass is 10.2. The van der Waals surface area contributed by atoms with Crippen molar-refractivity contribution in [2.45, 2.75) is 58.3 Å². The summed E-state index contributed by atoms with van der Waals surface area (Å²) in [5.41, 5.74) is 0. The molecule has 0 atom stereocenters. The van der Waals surface area contributed by atoms with Crippen molar-refractivity contribution in [1.29, 1.82) is 0 Å². The number of likely N-dealkylation sites (N-methyl/N-ethyl adjacent to an activating group) is 1. The van der Waals surface area contributed by atoms with Crippen molar-refractivity contribution in [2.75, 3.05) is 34.3 Å². The second-order valence-electron chi connectivity index (χ2n) is 8.06. The molecule has 0 fully saturated rings. The maximum atomic E-state index is 10.2. The van der Waals surface area contributed by atoms with Gasteiger partial charge in [0.25, 0.3) is 0 Å². The van der Waals surface area contributed by atoms with Crippen LogP contribution in [0.3, 0.4) is 0 Å². The summed E-state index contributed by atoms with van der Waals surface area (Å²) in [6, 6.07) is 0. The van der Waals surface area contributed by atoms with Crippen LogP contribution in [0.2, 0.25) is 0 Å². The fraction of sp³-hybridized carbons (Fsp3) is 0.519. The number of aliphatic hydroxyl groups is 1. The fourth-order valence-electron chi connectivity index (χ4n) is 2.14. The minimum absolute atomic E-state index is 0.0994. The minimum atomic E-state index is -0.991. The van der Waals surface area contributed by atoms with Gasteiger partial charge in [0.2, 0.25) is 0 Å². The molecule has 0 spiro atoms. The molecule has 0 unspecified atom stereocenters. The number of carboxylic acids is 1. The van der Waals surface area contributed by atoms with E-state index in [0.717, 1.165) is 49.6 Å². The Kier molecular flexibility index (Phi) is 24.1. The predicted octanol–water partition coefficient (Wildman–Crippen LogP) is 4.90. The third kappa shape index (κ3) is 35.6. The molecule has 0 aliphatic heterocycles.